The number of carbonyl (C=O) groups is 1. The number of Topliss-reactive ketones (excluding diaryl/α,β-unsaturated/α-hetero) is 1. The SMILES string of the molecule is O=C(CNCCS(=O)(=O)O)c1ccccc1OS(=O)(=O)O. The van der Waals surface area contributed by atoms with Gasteiger partial charge in [-0.2, -0.15) is 16.8 Å². The van der Waals surface area contributed by atoms with E-state index in [4.69, 9.17) is 9.11 Å². The van der Waals surface area contributed by atoms with E-state index in [-0.39, 0.29) is 24.4 Å². The molecule has 0 amide bonds. The molecule has 0 radical (unpaired) electrons. The first kappa shape index (κ1) is 17.5. The van der Waals surface area contributed by atoms with E-state index in [0.717, 1.165) is 0 Å². The molecular weight excluding hydrogens is 326 g/mol. The van der Waals surface area contributed by atoms with Crippen molar-refractivity contribution in [3.63, 3.8) is 0 Å². The fourth-order valence-electron chi connectivity index (χ4n) is 1.38. The highest BCUT2D eigenvalue weighted by atomic mass is 32.3. The molecule has 0 spiro atoms. The van der Waals surface area contributed by atoms with Crippen molar-refractivity contribution in [2.45, 2.75) is 0 Å². The molecule has 0 saturated heterocycles. The first-order valence-electron chi connectivity index (χ1n) is 5.53. The zero-order valence-electron chi connectivity index (χ0n) is 10.6. The highest BCUT2D eigenvalue weighted by molar-refractivity contribution is 7.85. The number of hydrogen-bond donors (Lipinski definition) is 3. The zero-order chi connectivity index (χ0) is 16.1. The summed E-state index contributed by atoms with van der Waals surface area (Å²) in [4.78, 5) is 11.8. The Balaban J connectivity index is 2.70. The average Bonchev–Trinajstić information content (AvgIpc) is 2.32. The second kappa shape index (κ2) is 6.95. The van der Waals surface area contributed by atoms with Crippen molar-refractivity contribution in [1.29, 1.82) is 0 Å². The summed E-state index contributed by atoms with van der Waals surface area (Å²) in [5, 5.41) is 2.47. The van der Waals surface area contributed by atoms with Crippen LogP contribution in [0, 0.1) is 0 Å². The van der Waals surface area contributed by atoms with Gasteiger partial charge in [0.25, 0.3) is 10.1 Å². The summed E-state index contributed by atoms with van der Waals surface area (Å²) in [6.45, 7) is -0.465. The van der Waals surface area contributed by atoms with E-state index in [9.17, 15) is 21.6 Å². The Morgan fingerprint density at radius 2 is 1.76 bits per heavy atom. The van der Waals surface area contributed by atoms with Crippen molar-refractivity contribution < 1.29 is 34.9 Å². The minimum atomic E-state index is -4.76. The van der Waals surface area contributed by atoms with Gasteiger partial charge in [0.2, 0.25) is 0 Å². The molecule has 3 N–H and O–H groups in total. The maximum absolute atomic E-state index is 11.8. The van der Waals surface area contributed by atoms with Crippen LogP contribution in [0.2, 0.25) is 0 Å². The van der Waals surface area contributed by atoms with Crippen LogP contribution in [0.3, 0.4) is 0 Å². The standard InChI is InChI=1S/C10H13NO8S2/c12-9(7-11-5-6-20(13,14)15)8-3-1-2-4-10(8)19-21(16,17)18/h1-4,11H,5-7H2,(H,13,14,15)(H,16,17,18). The van der Waals surface area contributed by atoms with Gasteiger partial charge in [-0.25, -0.2) is 0 Å². The molecule has 1 aromatic rings. The lowest BCUT2D eigenvalue weighted by Crippen LogP contribution is -2.28. The van der Waals surface area contributed by atoms with Gasteiger partial charge in [0.05, 0.1) is 17.9 Å². The highest BCUT2D eigenvalue weighted by Gasteiger charge is 2.16. The third-order valence-corrected chi connectivity index (χ3v) is 3.32. The summed E-state index contributed by atoms with van der Waals surface area (Å²) < 4.78 is 63.6. The summed E-state index contributed by atoms with van der Waals surface area (Å²) >= 11 is 0. The van der Waals surface area contributed by atoms with Gasteiger partial charge in [0, 0.05) is 6.54 Å². The van der Waals surface area contributed by atoms with Gasteiger partial charge in [-0.3, -0.25) is 13.9 Å². The molecule has 11 heteroatoms. The summed E-state index contributed by atoms with van der Waals surface area (Å²) in [5.74, 6) is -1.49. The molecule has 0 saturated carbocycles. The van der Waals surface area contributed by atoms with Crippen molar-refractivity contribution >= 4 is 26.3 Å². The first-order chi connectivity index (χ1) is 9.58. The fourth-order valence-corrected chi connectivity index (χ4v) is 2.16. The summed E-state index contributed by atoms with van der Waals surface area (Å²) in [6.07, 6.45) is 0. The molecule has 118 valence electrons. The van der Waals surface area contributed by atoms with Crippen LogP contribution in [0.25, 0.3) is 0 Å². The third kappa shape index (κ3) is 7.15. The van der Waals surface area contributed by atoms with Gasteiger partial charge in [0.15, 0.2) is 11.5 Å². The molecule has 0 bridgehead atoms. The number of hydrogen-bond acceptors (Lipinski definition) is 7. The molecule has 0 atom stereocenters. The van der Waals surface area contributed by atoms with E-state index in [2.05, 4.69) is 9.50 Å². The van der Waals surface area contributed by atoms with E-state index >= 15 is 0 Å². The third-order valence-electron chi connectivity index (χ3n) is 2.20. The highest BCUT2D eigenvalue weighted by Crippen LogP contribution is 2.19. The molecular formula is C10H13NO8S2. The molecule has 0 aromatic heterocycles. The Kier molecular flexibility index (Phi) is 5.80. The number of ketones is 1. The number of rotatable bonds is 8. The minimum Gasteiger partial charge on any atom is -0.361 e. The lowest BCUT2D eigenvalue weighted by Gasteiger charge is -2.08. The maximum atomic E-state index is 11.8. The quantitative estimate of drug-likeness (QED) is 0.325. The van der Waals surface area contributed by atoms with Crippen molar-refractivity contribution in [2.24, 2.45) is 0 Å². The van der Waals surface area contributed by atoms with E-state index in [0.29, 0.717) is 0 Å². The van der Waals surface area contributed by atoms with Crippen molar-refractivity contribution in [3.8, 4) is 5.75 Å². The number of para-hydroxylation sites is 1. The molecule has 0 unspecified atom stereocenters. The summed E-state index contributed by atoms with van der Waals surface area (Å²) in [7, 11) is -8.89. The number of benzene rings is 1. The smallest absolute Gasteiger partial charge is 0.361 e. The Morgan fingerprint density at radius 1 is 1.14 bits per heavy atom. The molecule has 0 heterocycles. The van der Waals surface area contributed by atoms with Crippen molar-refractivity contribution in [2.75, 3.05) is 18.8 Å². The molecule has 0 aliphatic heterocycles. The van der Waals surface area contributed by atoms with Gasteiger partial charge in [-0.15, -0.1) is 0 Å². The second-order valence-corrected chi connectivity index (χ2v) is 6.49. The Hall–Kier alpha value is -1.53. The average molecular weight is 339 g/mol. The van der Waals surface area contributed by atoms with Gasteiger partial charge in [0.1, 0.15) is 0 Å². The van der Waals surface area contributed by atoms with Crippen LogP contribution in [0.4, 0.5) is 0 Å². The molecule has 9 nitrogen and oxygen atoms in total. The molecule has 1 aromatic carbocycles. The minimum absolute atomic E-state index is 0.102. The van der Waals surface area contributed by atoms with Crippen LogP contribution in [0.15, 0.2) is 24.3 Å². The second-order valence-electron chi connectivity index (χ2n) is 3.89. The summed E-state index contributed by atoms with van der Waals surface area (Å²) in [5.41, 5.74) is -0.102. The maximum Gasteiger partial charge on any atom is 0.446 e. The molecule has 0 aliphatic rings. The molecule has 21 heavy (non-hydrogen) atoms. The first-order valence-corrected chi connectivity index (χ1v) is 8.51. The summed E-state index contributed by atoms with van der Waals surface area (Å²) in [6, 6.07) is 5.33. The van der Waals surface area contributed by atoms with E-state index in [1.807, 2.05) is 0 Å². The van der Waals surface area contributed by atoms with Crippen LogP contribution >= 0.6 is 0 Å². The van der Waals surface area contributed by atoms with E-state index < -0.39 is 32.1 Å². The predicted molar refractivity (Wildman–Crippen MR) is 72.2 cm³/mol. The topological polar surface area (TPSA) is 147 Å². The van der Waals surface area contributed by atoms with Crippen LogP contribution in [-0.2, 0) is 20.5 Å². The van der Waals surface area contributed by atoms with Crippen molar-refractivity contribution in [1.82, 2.24) is 5.32 Å². The lowest BCUT2D eigenvalue weighted by molar-refractivity contribution is 0.0990. The van der Waals surface area contributed by atoms with E-state index in [1.165, 1.54) is 24.3 Å². The van der Waals surface area contributed by atoms with Gasteiger partial charge < -0.3 is 9.50 Å². The Labute approximate surface area is 121 Å². The number of nitrogens with one attached hydrogen (secondary N) is 1. The molecule has 0 aliphatic carbocycles. The Morgan fingerprint density at radius 3 is 2.33 bits per heavy atom. The van der Waals surface area contributed by atoms with Gasteiger partial charge in [-0.1, -0.05) is 12.1 Å². The molecule has 1 rings (SSSR count). The fraction of sp³-hybridized carbons (Fsp3) is 0.300. The van der Waals surface area contributed by atoms with E-state index in [1.54, 1.807) is 0 Å². The van der Waals surface area contributed by atoms with Crippen LogP contribution in [0.5, 0.6) is 5.75 Å². The zero-order valence-corrected chi connectivity index (χ0v) is 12.2. The van der Waals surface area contributed by atoms with Crippen LogP contribution in [0.1, 0.15) is 10.4 Å². The van der Waals surface area contributed by atoms with Crippen LogP contribution < -0.4 is 9.50 Å². The monoisotopic (exact) mass is 339 g/mol. The van der Waals surface area contributed by atoms with Crippen LogP contribution in [-0.4, -0.2) is 50.6 Å². The van der Waals surface area contributed by atoms with Gasteiger partial charge in [-0.05, 0) is 12.1 Å². The lowest BCUT2D eigenvalue weighted by atomic mass is 10.1. The largest absolute Gasteiger partial charge is 0.446 e. The van der Waals surface area contributed by atoms with Crippen molar-refractivity contribution in [3.05, 3.63) is 29.8 Å². The Bertz CT molecular complexity index is 710. The number of carbonyl (C=O) groups excluding carboxylic acids is 1. The predicted octanol–water partition coefficient (Wildman–Crippen LogP) is -0.472. The normalized spacial score (nSPS) is 12.1. The molecule has 0 fully saturated rings. The van der Waals surface area contributed by atoms with Gasteiger partial charge >= 0.3 is 10.4 Å².